The van der Waals surface area contributed by atoms with Crippen molar-refractivity contribution in [3.05, 3.63) is 30.6 Å². The minimum absolute atomic E-state index is 0. The van der Waals surface area contributed by atoms with Gasteiger partial charge in [-0.05, 0) is 12.1 Å². The molecule has 1 aliphatic rings. The average Bonchev–Trinajstić information content (AvgIpc) is 2.24. The molecule has 0 amide bonds. The van der Waals surface area contributed by atoms with Crippen LogP contribution in [0.25, 0.3) is 0 Å². The number of nitrogens with zero attached hydrogens (tertiary/aromatic N) is 1. The highest BCUT2D eigenvalue weighted by molar-refractivity contribution is 5.75. The van der Waals surface area contributed by atoms with Crippen molar-refractivity contribution in [3.8, 4) is 0 Å². The molecular formula is C9H19BF4N3. The monoisotopic (exact) mass is 256 g/mol. The van der Waals surface area contributed by atoms with Gasteiger partial charge in [0.1, 0.15) is 0 Å². The van der Waals surface area contributed by atoms with Crippen LogP contribution < -0.4 is 10.6 Å². The lowest BCUT2D eigenvalue weighted by Gasteiger charge is -2.11. The summed E-state index contributed by atoms with van der Waals surface area (Å²) < 4.78 is 0. The summed E-state index contributed by atoms with van der Waals surface area (Å²) in [6.07, 6.45) is 3.50. The Labute approximate surface area is 100 Å². The topological polar surface area (TPSA) is 37.0 Å². The third kappa shape index (κ3) is 20.8. The molecule has 0 aromatic carbocycles. The predicted molar refractivity (Wildman–Crippen MR) is 65.7 cm³/mol. The van der Waals surface area contributed by atoms with Crippen LogP contribution in [0, 0.1) is 0 Å². The summed E-state index contributed by atoms with van der Waals surface area (Å²) in [4.78, 5) is 3.78. The second-order valence-corrected chi connectivity index (χ2v) is 2.52. The Morgan fingerprint density at radius 3 is 1.12 bits per heavy atom. The molecule has 0 saturated carbocycles. The van der Waals surface area contributed by atoms with Crippen LogP contribution in [-0.2, 0) is 0 Å². The van der Waals surface area contributed by atoms with E-state index in [0.29, 0.717) is 0 Å². The molecule has 1 aromatic rings. The van der Waals surface area contributed by atoms with Gasteiger partial charge < -0.3 is 10.6 Å². The van der Waals surface area contributed by atoms with Crippen molar-refractivity contribution >= 4 is 8.41 Å². The fraction of sp³-hybridized carbons (Fsp3) is 0.444. The molecule has 2 N–H and O–H groups in total. The molecular weight excluding hydrogens is 237 g/mol. The zero-order chi connectivity index (χ0) is 8.49. The van der Waals surface area contributed by atoms with Crippen molar-refractivity contribution in [3.63, 3.8) is 0 Å². The third-order valence-electron chi connectivity index (χ3n) is 1.52. The maximum absolute atomic E-state index is 3.78. The zero-order valence-corrected chi connectivity index (χ0v) is 9.37. The van der Waals surface area contributed by atoms with E-state index in [1.807, 2.05) is 18.2 Å². The largest absolute Gasteiger partial charge is 0.314 e. The molecule has 1 saturated heterocycles. The molecule has 8 heteroatoms. The van der Waals surface area contributed by atoms with Gasteiger partial charge in [0.05, 0.1) is 0 Å². The Balaban J connectivity index is -0.0000000436. The number of hydrogen-bond donors (Lipinski definition) is 2. The molecule has 2 rings (SSSR count). The number of piperazine rings is 1. The standard InChI is InChI=1S/C5H5N.C4H10N2.B.4FH/c1-2-4-6-5-3-1;1-2-6-4-3-5-1;;;;;/h1-5H;5-6H,1-4H2;;4*1H. The molecule has 17 heavy (non-hydrogen) atoms. The lowest BCUT2D eigenvalue weighted by atomic mass is 10.4. The van der Waals surface area contributed by atoms with Crippen molar-refractivity contribution in [2.45, 2.75) is 0 Å². The smallest absolute Gasteiger partial charge is 0.0267 e. The van der Waals surface area contributed by atoms with Gasteiger partial charge in [-0.3, -0.25) is 23.8 Å². The molecule has 1 fully saturated rings. The van der Waals surface area contributed by atoms with Gasteiger partial charge in [-0.25, -0.2) is 0 Å². The molecule has 0 atom stereocenters. The molecule has 0 spiro atoms. The van der Waals surface area contributed by atoms with Gasteiger partial charge in [0.25, 0.3) is 0 Å². The molecule has 3 nitrogen and oxygen atoms in total. The Hall–Kier alpha value is -1.15. The van der Waals surface area contributed by atoms with E-state index in [1.165, 1.54) is 0 Å². The number of halogens is 4. The van der Waals surface area contributed by atoms with Gasteiger partial charge in [0.15, 0.2) is 0 Å². The van der Waals surface area contributed by atoms with Gasteiger partial charge in [-0.1, -0.05) is 6.07 Å². The molecule has 1 aromatic heterocycles. The van der Waals surface area contributed by atoms with Gasteiger partial charge in [0, 0.05) is 47.0 Å². The van der Waals surface area contributed by atoms with E-state index in [4.69, 9.17) is 0 Å². The quantitative estimate of drug-likeness (QED) is 0.524. The fourth-order valence-corrected chi connectivity index (χ4v) is 0.916. The predicted octanol–water partition coefficient (Wildman–Crippen LogP) is 0.490. The van der Waals surface area contributed by atoms with Crippen molar-refractivity contribution in [1.82, 2.24) is 15.6 Å². The van der Waals surface area contributed by atoms with Crippen LogP contribution in [0.4, 0.5) is 18.8 Å². The number of nitrogens with one attached hydrogen (secondary N) is 2. The van der Waals surface area contributed by atoms with E-state index in [0.717, 1.165) is 26.2 Å². The van der Waals surface area contributed by atoms with E-state index < -0.39 is 0 Å². The van der Waals surface area contributed by atoms with Crippen molar-refractivity contribution in [2.24, 2.45) is 0 Å². The zero-order valence-electron chi connectivity index (χ0n) is 9.37. The first kappa shape index (κ1) is 29.7. The minimum atomic E-state index is 0. The van der Waals surface area contributed by atoms with E-state index in [1.54, 1.807) is 12.4 Å². The number of hydrogen-bond acceptors (Lipinski definition) is 3. The maximum Gasteiger partial charge on any atom is 0.0267 e. The summed E-state index contributed by atoms with van der Waals surface area (Å²) in [6, 6.07) is 5.72. The molecule has 1 aliphatic heterocycles. The maximum atomic E-state index is 3.78. The Bertz CT molecular complexity index is 153. The van der Waals surface area contributed by atoms with E-state index in [9.17, 15) is 0 Å². The van der Waals surface area contributed by atoms with E-state index in [-0.39, 0.29) is 27.2 Å². The molecule has 101 valence electrons. The second kappa shape index (κ2) is 24.2. The number of pyridine rings is 1. The highest BCUT2D eigenvalue weighted by Gasteiger charge is 1.91. The first-order chi connectivity index (χ1) is 6.00. The highest BCUT2D eigenvalue weighted by atomic mass is 19.0. The van der Waals surface area contributed by atoms with Crippen LogP contribution in [-0.4, -0.2) is 39.6 Å². The lowest BCUT2D eigenvalue weighted by molar-refractivity contribution is 0.534. The lowest BCUT2D eigenvalue weighted by Crippen LogP contribution is -2.39. The van der Waals surface area contributed by atoms with E-state index >= 15 is 0 Å². The Morgan fingerprint density at radius 1 is 0.647 bits per heavy atom. The normalized spacial score (nSPS) is 11.3. The average molecular weight is 256 g/mol. The summed E-state index contributed by atoms with van der Waals surface area (Å²) in [5.74, 6) is 0. The van der Waals surface area contributed by atoms with Gasteiger partial charge >= 0.3 is 0 Å². The van der Waals surface area contributed by atoms with Crippen molar-refractivity contribution in [2.75, 3.05) is 26.2 Å². The first-order valence-electron chi connectivity index (χ1n) is 4.26. The van der Waals surface area contributed by atoms with Crippen LogP contribution in [0.3, 0.4) is 0 Å². The summed E-state index contributed by atoms with van der Waals surface area (Å²) >= 11 is 0. The molecule has 0 bridgehead atoms. The highest BCUT2D eigenvalue weighted by Crippen LogP contribution is 1.73. The summed E-state index contributed by atoms with van der Waals surface area (Å²) in [7, 11) is 0. The SMILES string of the molecule is C1CNCCN1.F.F.F.F.[B].c1ccncc1. The summed E-state index contributed by atoms with van der Waals surface area (Å²) in [5.41, 5.74) is 0. The van der Waals surface area contributed by atoms with Crippen LogP contribution in [0.15, 0.2) is 30.6 Å². The van der Waals surface area contributed by atoms with Crippen molar-refractivity contribution in [1.29, 1.82) is 0 Å². The molecule has 2 heterocycles. The third-order valence-corrected chi connectivity index (χ3v) is 1.52. The van der Waals surface area contributed by atoms with Crippen LogP contribution in [0.1, 0.15) is 0 Å². The Morgan fingerprint density at radius 2 is 1.00 bits per heavy atom. The summed E-state index contributed by atoms with van der Waals surface area (Å²) in [6.45, 7) is 4.56. The first-order valence-corrected chi connectivity index (χ1v) is 4.26. The number of aromatic nitrogens is 1. The summed E-state index contributed by atoms with van der Waals surface area (Å²) in [5, 5.41) is 6.44. The van der Waals surface area contributed by atoms with E-state index in [2.05, 4.69) is 15.6 Å². The molecule has 3 radical (unpaired) electrons. The fourth-order valence-electron chi connectivity index (χ4n) is 0.916. The molecule has 0 unspecified atom stereocenters. The van der Waals surface area contributed by atoms with Gasteiger partial charge in [0.2, 0.25) is 0 Å². The number of rotatable bonds is 0. The van der Waals surface area contributed by atoms with Crippen LogP contribution in [0.2, 0.25) is 0 Å². The Kier molecular flexibility index (Phi) is 42.3. The van der Waals surface area contributed by atoms with Crippen molar-refractivity contribution < 1.29 is 18.8 Å². The minimum Gasteiger partial charge on any atom is -0.314 e. The van der Waals surface area contributed by atoms with Crippen LogP contribution in [0.5, 0.6) is 0 Å². The van der Waals surface area contributed by atoms with Crippen LogP contribution >= 0.6 is 0 Å². The van der Waals surface area contributed by atoms with Gasteiger partial charge in [-0.2, -0.15) is 0 Å². The molecule has 0 aliphatic carbocycles. The second-order valence-electron chi connectivity index (χ2n) is 2.52. The van der Waals surface area contributed by atoms with Gasteiger partial charge in [-0.15, -0.1) is 0 Å².